The fraction of sp³-hybridized carbons (Fsp3) is 0.462. The summed E-state index contributed by atoms with van der Waals surface area (Å²) in [6, 6.07) is 5.98. The minimum atomic E-state index is 0.139. The Balaban J connectivity index is 2.20. The zero-order chi connectivity index (χ0) is 13.1. The van der Waals surface area contributed by atoms with Crippen LogP contribution in [0.5, 0.6) is 0 Å². The van der Waals surface area contributed by atoms with Gasteiger partial charge in [-0.05, 0) is 30.5 Å². The van der Waals surface area contributed by atoms with Gasteiger partial charge in [0.15, 0.2) is 5.58 Å². The smallest absolute Gasteiger partial charge is 0.295 e. The summed E-state index contributed by atoms with van der Waals surface area (Å²) in [6.45, 7) is 4.32. The molecular weight excluding hydrogens is 230 g/mol. The van der Waals surface area contributed by atoms with Crippen molar-refractivity contribution in [3.8, 4) is 0 Å². The van der Waals surface area contributed by atoms with E-state index in [4.69, 9.17) is 15.3 Å². The number of anilines is 2. The van der Waals surface area contributed by atoms with Crippen molar-refractivity contribution in [3.05, 3.63) is 18.2 Å². The van der Waals surface area contributed by atoms with Crippen LogP contribution in [0.2, 0.25) is 0 Å². The molecule has 4 N–H and O–H groups in total. The Hall–Kier alpha value is -1.75. The molecule has 0 spiro atoms. The number of nitrogen functional groups attached to an aromatic ring is 1. The van der Waals surface area contributed by atoms with E-state index < -0.39 is 0 Å². The van der Waals surface area contributed by atoms with E-state index in [1.165, 1.54) is 0 Å². The molecule has 1 aromatic carbocycles. The fourth-order valence-electron chi connectivity index (χ4n) is 1.88. The number of rotatable bonds is 5. The van der Waals surface area contributed by atoms with Crippen molar-refractivity contribution in [1.29, 1.82) is 0 Å². The third kappa shape index (κ3) is 2.73. The van der Waals surface area contributed by atoms with Crippen LogP contribution in [0.25, 0.3) is 11.1 Å². The second-order valence-corrected chi connectivity index (χ2v) is 4.75. The van der Waals surface area contributed by atoms with Crippen LogP contribution in [0.4, 0.5) is 11.7 Å². The summed E-state index contributed by atoms with van der Waals surface area (Å²) >= 11 is 0. The lowest BCUT2D eigenvalue weighted by Crippen LogP contribution is -2.26. The summed E-state index contributed by atoms with van der Waals surface area (Å²) in [4.78, 5) is 4.34. The Morgan fingerprint density at radius 1 is 1.44 bits per heavy atom. The van der Waals surface area contributed by atoms with Gasteiger partial charge in [0, 0.05) is 18.3 Å². The Bertz CT molecular complexity index is 522. The SMILES string of the molecule is CC(C)C(CCO)Nc1nc2cc(N)ccc2o1. The first-order valence-corrected chi connectivity index (χ1v) is 6.13. The lowest BCUT2D eigenvalue weighted by Gasteiger charge is -2.19. The zero-order valence-electron chi connectivity index (χ0n) is 10.7. The van der Waals surface area contributed by atoms with Gasteiger partial charge in [0.25, 0.3) is 6.01 Å². The van der Waals surface area contributed by atoms with Gasteiger partial charge >= 0.3 is 0 Å². The molecule has 1 atom stereocenters. The van der Waals surface area contributed by atoms with Crippen molar-refractivity contribution in [3.63, 3.8) is 0 Å². The number of aliphatic hydroxyl groups excluding tert-OH is 1. The summed E-state index contributed by atoms with van der Waals surface area (Å²) < 4.78 is 5.59. The number of oxazole rings is 1. The summed E-state index contributed by atoms with van der Waals surface area (Å²) in [7, 11) is 0. The average Bonchev–Trinajstić information content (AvgIpc) is 2.69. The van der Waals surface area contributed by atoms with Crippen LogP contribution in [-0.4, -0.2) is 22.7 Å². The van der Waals surface area contributed by atoms with Crippen molar-refractivity contribution in [2.24, 2.45) is 5.92 Å². The molecule has 0 aliphatic carbocycles. The van der Waals surface area contributed by atoms with Crippen LogP contribution in [0, 0.1) is 5.92 Å². The van der Waals surface area contributed by atoms with Gasteiger partial charge in [0.2, 0.25) is 0 Å². The molecule has 1 unspecified atom stereocenters. The average molecular weight is 249 g/mol. The van der Waals surface area contributed by atoms with Crippen molar-refractivity contribution < 1.29 is 9.52 Å². The number of hydrogen-bond donors (Lipinski definition) is 3. The molecule has 1 aromatic heterocycles. The highest BCUT2D eigenvalue weighted by atomic mass is 16.4. The van der Waals surface area contributed by atoms with Gasteiger partial charge in [-0.3, -0.25) is 0 Å². The highest BCUT2D eigenvalue weighted by Gasteiger charge is 2.15. The quantitative estimate of drug-likeness (QED) is 0.708. The third-order valence-electron chi connectivity index (χ3n) is 2.97. The second kappa shape index (κ2) is 5.27. The van der Waals surface area contributed by atoms with Crippen molar-refractivity contribution in [2.75, 3.05) is 17.7 Å². The standard InChI is InChI=1S/C13H19N3O2/c1-8(2)10(5-6-17)15-13-16-11-7-9(14)3-4-12(11)18-13/h3-4,7-8,10,17H,5-6,14H2,1-2H3,(H,15,16). The Morgan fingerprint density at radius 3 is 2.89 bits per heavy atom. The Kier molecular flexibility index (Phi) is 3.72. The van der Waals surface area contributed by atoms with Crippen LogP contribution in [0.3, 0.4) is 0 Å². The van der Waals surface area contributed by atoms with Gasteiger partial charge in [-0.2, -0.15) is 4.98 Å². The molecule has 0 saturated carbocycles. The van der Waals surface area contributed by atoms with Gasteiger partial charge in [-0.1, -0.05) is 13.8 Å². The number of nitrogens with two attached hydrogens (primary N) is 1. The Morgan fingerprint density at radius 2 is 2.22 bits per heavy atom. The predicted molar refractivity (Wildman–Crippen MR) is 72.4 cm³/mol. The highest BCUT2D eigenvalue weighted by Crippen LogP contribution is 2.22. The molecule has 0 bridgehead atoms. The number of nitrogens with one attached hydrogen (secondary N) is 1. The molecule has 0 radical (unpaired) electrons. The molecule has 5 heteroatoms. The fourth-order valence-corrected chi connectivity index (χ4v) is 1.88. The van der Waals surface area contributed by atoms with Crippen molar-refractivity contribution in [1.82, 2.24) is 4.98 Å². The normalized spacial score (nSPS) is 13.1. The maximum Gasteiger partial charge on any atom is 0.295 e. The monoisotopic (exact) mass is 249 g/mol. The summed E-state index contributed by atoms with van der Waals surface area (Å²) in [6.07, 6.45) is 0.665. The first kappa shape index (κ1) is 12.7. The van der Waals surface area contributed by atoms with E-state index in [1.54, 1.807) is 18.2 Å². The minimum Gasteiger partial charge on any atom is -0.424 e. The number of aliphatic hydroxyl groups is 1. The van der Waals surface area contributed by atoms with Gasteiger partial charge in [0.1, 0.15) is 5.52 Å². The topological polar surface area (TPSA) is 84.3 Å². The number of benzene rings is 1. The number of hydrogen-bond acceptors (Lipinski definition) is 5. The molecule has 98 valence electrons. The highest BCUT2D eigenvalue weighted by molar-refractivity contribution is 5.78. The van der Waals surface area contributed by atoms with Crippen LogP contribution >= 0.6 is 0 Å². The zero-order valence-corrected chi connectivity index (χ0v) is 10.7. The van der Waals surface area contributed by atoms with E-state index in [1.807, 2.05) is 0 Å². The maximum absolute atomic E-state index is 9.03. The van der Waals surface area contributed by atoms with E-state index in [2.05, 4.69) is 24.1 Å². The Labute approximate surface area is 106 Å². The van der Waals surface area contributed by atoms with Crippen LogP contribution in [0.1, 0.15) is 20.3 Å². The first-order chi connectivity index (χ1) is 8.60. The molecule has 5 nitrogen and oxygen atoms in total. The van der Waals surface area contributed by atoms with Crippen LogP contribution in [-0.2, 0) is 0 Å². The van der Waals surface area contributed by atoms with Crippen LogP contribution in [0.15, 0.2) is 22.6 Å². The molecule has 2 rings (SSSR count). The number of aromatic nitrogens is 1. The molecule has 18 heavy (non-hydrogen) atoms. The molecule has 0 amide bonds. The van der Waals surface area contributed by atoms with Gasteiger partial charge < -0.3 is 20.6 Å². The molecule has 0 fully saturated rings. The maximum atomic E-state index is 9.03. The summed E-state index contributed by atoms with van der Waals surface area (Å²) in [5, 5.41) is 12.2. The van der Waals surface area contributed by atoms with E-state index in [9.17, 15) is 0 Å². The number of fused-ring (bicyclic) bond motifs is 1. The molecular formula is C13H19N3O2. The van der Waals surface area contributed by atoms with Gasteiger partial charge in [-0.25, -0.2) is 0 Å². The molecule has 1 heterocycles. The number of nitrogens with zero attached hydrogens (tertiary/aromatic N) is 1. The lowest BCUT2D eigenvalue weighted by atomic mass is 10.0. The molecule has 0 aliphatic rings. The lowest BCUT2D eigenvalue weighted by molar-refractivity contribution is 0.266. The van der Waals surface area contributed by atoms with E-state index >= 15 is 0 Å². The van der Waals surface area contributed by atoms with E-state index in [-0.39, 0.29) is 12.6 Å². The van der Waals surface area contributed by atoms with Gasteiger partial charge in [0.05, 0.1) is 0 Å². The minimum absolute atomic E-state index is 0.139. The summed E-state index contributed by atoms with van der Waals surface area (Å²) in [5.74, 6) is 0.386. The van der Waals surface area contributed by atoms with Gasteiger partial charge in [-0.15, -0.1) is 0 Å². The largest absolute Gasteiger partial charge is 0.424 e. The van der Waals surface area contributed by atoms with Crippen molar-refractivity contribution in [2.45, 2.75) is 26.3 Å². The van der Waals surface area contributed by atoms with Crippen LogP contribution < -0.4 is 11.1 Å². The summed E-state index contributed by atoms with van der Waals surface area (Å²) in [5.41, 5.74) is 7.81. The molecule has 0 aliphatic heterocycles. The van der Waals surface area contributed by atoms with E-state index in [0.717, 1.165) is 5.52 Å². The third-order valence-corrected chi connectivity index (χ3v) is 2.97. The molecule has 0 saturated heterocycles. The predicted octanol–water partition coefficient (Wildman–Crippen LogP) is 2.23. The van der Waals surface area contributed by atoms with Crippen molar-refractivity contribution >= 4 is 22.8 Å². The van der Waals surface area contributed by atoms with E-state index in [0.29, 0.717) is 29.6 Å². The second-order valence-electron chi connectivity index (χ2n) is 4.75. The molecule has 2 aromatic rings. The first-order valence-electron chi connectivity index (χ1n) is 6.13.